The van der Waals surface area contributed by atoms with Crippen LogP contribution in [0.3, 0.4) is 0 Å². The van der Waals surface area contributed by atoms with Crippen LogP contribution in [0.4, 0.5) is 16.2 Å². The normalized spacial score (nSPS) is 15.1. The number of aliphatic hydroxyl groups excluding tert-OH is 1. The van der Waals surface area contributed by atoms with Crippen molar-refractivity contribution >= 4 is 17.4 Å². The predicted molar refractivity (Wildman–Crippen MR) is 104 cm³/mol. The van der Waals surface area contributed by atoms with Gasteiger partial charge in [-0.15, -0.1) is 0 Å². The average Bonchev–Trinajstić information content (AvgIpc) is 2.73. The van der Waals surface area contributed by atoms with Crippen LogP contribution in [-0.4, -0.2) is 51.1 Å². The lowest BCUT2D eigenvalue weighted by molar-refractivity contribution is 0.122. The van der Waals surface area contributed by atoms with Crippen LogP contribution >= 0.6 is 0 Å². The summed E-state index contributed by atoms with van der Waals surface area (Å²) in [5.74, 6) is 0.660. The summed E-state index contributed by atoms with van der Waals surface area (Å²) in [6.07, 6.45) is -0.778. The molecule has 0 saturated carbocycles. The molecule has 2 aromatic carbocycles. The molecule has 3 rings (SSSR count). The van der Waals surface area contributed by atoms with E-state index < -0.39 is 6.10 Å². The van der Waals surface area contributed by atoms with Crippen molar-refractivity contribution in [3.8, 4) is 5.75 Å². The van der Waals surface area contributed by atoms with Crippen molar-refractivity contribution in [2.24, 2.45) is 0 Å². The van der Waals surface area contributed by atoms with Gasteiger partial charge in [-0.05, 0) is 29.8 Å². The van der Waals surface area contributed by atoms with Crippen LogP contribution in [0.5, 0.6) is 5.75 Å². The maximum Gasteiger partial charge on any atom is 0.319 e. The lowest BCUT2D eigenvalue weighted by Crippen LogP contribution is -2.36. The first kappa shape index (κ1) is 19.0. The Kier molecular flexibility index (Phi) is 6.51. The zero-order valence-corrected chi connectivity index (χ0v) is 15.4. The van der Waals surface area contributed by atoms with Gasteiger partial charge in [0.2, 0.25) is 0 Å². The zero-order chi connectivity index (χ0) is 19.1. The van der Waals surface area contributed by atoms with Crippen molar-refractivity contribution in [3.05, 3.63) is 54.1 Å². The average molecular weight is 371 g/mol. The number of carbonyl (C=O) groups excluding carboxylic acids is 1. The molecule has 7 heteroatoms. The first-order valence-electron chi connectivity index (χ1n) is 8.95. The van der Waals surface area contributed by atoms with Crippen molar-refractivity contribution in [2.45, 2.75) is 6.10 Å². The molecule has 0 radical (unpaired) electrons. The van der Waals surface area contributed by atoms with Crippen LogP contribution < -0.4 is 20.3 Å². The monoisotopic (exact) mass is 371 g/mol. The van der Waals surface area contributed by atoms with Gasteiger partial charge in [-0.1, -0.05) is 18.2 Å². The highest BCUT2D eigenvalue weighted by Gasteiger charge is 2.13. The second-order valence-electron chi connectivity index (χ2n) is 6.27. The lowest BCUT2D eigenvalue weighted by atomic mass is 10.1. The van der Waals surface area contributed by atoms with E-state index in [1.807, 2.05) is 24.3 Å². The molecule has 0 aliphatic carbocycles. The second kappa shape index (κ2) is 9.25. The molecule has 1 atom stereocenters. The summed E-state index contributed by atoms with van der Waals surface area (Å²) in [6, 6.07) is 14.4. The Morgan fingerprint density at radius 2 is 1.96 bits per heavy atom. The Hall–Kier alpha value is -2.77. The zero-order valence-electron chi connectivity index (χ0n) is 15.4. The molecule has 1 heterocycles. The number of hydrogen-bond donors (Lipinski definition) is 3. The van der Waals surface area contributed by atoms with Gasteiger partial charge in [-0.3, -0.25) is 0 Å². The van der Waals surface area contributed by atoms with Crippen LogP contribution in [-0.2, 0) is 4.74 Å². The van der Waals surface area contributed by atoms with E-state index >= 15 is 0 Å². The van der Waals surface area contributed by atoms with E-state index in [9.17, 15) is 9.90 Å². The SMILES string of the molecule is COc1cccc(NC(=O)NCC(O)c2ccc(N3CCOCC3)cc2)c1. The maximum absolute atomic E-state index is 12.0. The van der Waals surface area contributed by atoms with Gasteiger partial charge in [0.1, 0.15) is 5.75 Å². The Balaban J connectivity index is 1.49. The van der Waals surface area contributed by atoms with Gasteiger partial charge in [0.05, 0.1) is 26.4 Å². The number of nitrogens with one attached hydrogen (secondary N) is 2. The summed E-state index contributed by atoms with van der Waals surface area (Å²) < 4.78 is 10.5. The number of nitrogens with zero attached hydrogens (tertiary/aromatic N) is 1. The molecular formula is C20H25N3O4. The number of carbonyl (C=O) groups is 1. The number of morpholine rings is 1. The van der Waals surface area contributed by atoms with E-state index in [1.165, 1.54) is 0 Å². The second-order valence-corrected chi connectivity index (χ2v) is 6.27. The van der Waals surface area contributed by atoms with E-state index in [2.05, 4.69) is 15.5 Å². The number of ether oxygens (including phenoxy) is 2. The molecule has 0 bridgehead atoms. The van der Waals surface area contributed by atoms with Crippen LogP contribution in [0, 0.1) is 0 Å². The number of methoxy groups -OCH3 is 1. The van der Waals surface area contributed by atoms with Crippen LogP contribution in [0.1, 0.15) is 11.7 Å². The van der Waals surface area contributed by atoms with Crippen molar-refractivity contribution in [1.29, 1.82) is 0 Å². The van der Waals surface area contributed by atoms with E-state index in [0.29, 0.717) is 11.4 Å². The highest BCUT2D eigenvalue weighted by Crippen LogP contribution is 2.20. The molecule has 1 saturated heterocycles. The third-order valence-electron chi connectivity index (χ3n) is 4.44. The van der Waals surface area contributed by atoms with Gasteiger partial charge >= 0.3 is 6.03 Å². The van der Waals surface area contributed by atoms with E-state index in [-0.39, 0.29) is 12.6 Å². The Bertz CT molecular complexity index is 745. The fraction of sp³-hybridized carbons (Fsp3) is 0.350. The molecule has 1 fully saturated rings. The first-order chi connectivity index (χ1) is 13.2. The molecule has 7 nitrogen and oxygen atoms in total. The summed E-state index contributed by atoms with van der Waals surface area (Å²) in [6.45, 7) is 3.32. The molecule has 1 aliphatic rings. The van der Waals surface area contributed by atoms with Crippen LogP contribution in [0.15, 0.2) is 48.5 Å². The highest BCUT2D eigenvalue weighted by atomic mass is 16.5. The summed E-state index contributed by atoms with van der Waals surface area (Å²) in [7, 11) is 1.57. The number of rotatable bonds is 6. The molecule has 0 aromatic heterocycles. The van der Waals surface area contributed by atoms with Crippen LogP contribution in [0.2, 0.25) is 0 Å². The summed E-state index contributed by atoms with van der Waals surface area (Å²) in [4.78, 5) is 14.3. The maximum atomic E-state index is 12.0. The minimum absolute atomic E-state index is 0.118. The molecular weight excluding hydrogens is 346 g/mol. The number of hydrogen-bond acceptors (Lipinski definition) is 5. The number of urea groups is 1. The van der Waals surface area contributed by atoms with Gasteiger partial charge < -0.3 is 30.1 Å². The number of aliphatic hydroxyl groups is 1. The Morgan fingerprint density at radius 3 is 2.67 bits per heavy atom. The van der Waals surface area contributed by atoms with Gasteiger partial charge in [0.25, 0.3) is 0 Å². The van der Waals surface area contributed by atoms with Crippen molar-refractivity contribution < 1.29 is 19.4 Å². The fourth-order valence-corrected chi connectivity index (χ4v) is 2.91. The molecule has 1 unspecified atom stereocenters. The number of anilines is 2. The van der Waals surface area contributed by atoms with Crippen molar-refractivity contribution in [3.63, 3.8) is 0 Å². The summed E-state index contributed by atoms with van der Waals surface area (Å²) in [5, 5.41) is 15.7. The van der Waals surface area contributed by atoms with Gasteiger partial charge in [0, 0.05) is 37.1 Å². The minimum Gasteiger partial charge on any atom is -0.497 e. The molecule has 2 amide bonds. The first-order valence-corrected chi connectivity index (χ1v) is 8.95. The van der Waals surface area contributed by atoms with Crippen molar-refractivity contribution in [2.75, 3.05) is 50.2 Å². The minimum atomic E-state index is -0.778. The van der Waals surface area contributed by atoms with Gasteiger partial charge in [0.15, 0.2) is 0 Å². The summed E-state index contributed by atoms with van der Waals surface area (Å²) >= 11 is 0. The molecule has 0 spiro atoms. The van der Waals surface area contributed by atoms with E-state index in [4.69, 9.17) is 9.47 Å². The summed E-state index contributed by atoms with van der Waals surface area (Å²) in [5.41, 5.74) is 2.49. The standard InChI is InChI=1S/C20H25N3O4/c1-26-18-4-2-3-16(13-18)22-20(25)21-14-19(24)15-5-7-17(8-6-15)23-9-11-27-12-10-23/h2-8,13,19,24H,9-12,14H2,1H3,(H2,21,22,25). The van der Waals surface area contributed by atoms with Crippen LogP contribution in [0.25, 0.3) is 0 Å². The predicted octanol–water partition coefficient (Wildman–Crippen LogP) is 2.39. The Labute approximate surface area is 158 Å². The third-order valence-corrected chi connectivity index (χ3v) is 4.44. The van der Waals surface area contributed by atoms with Crippen molar-refractivity contribution in [1.82, 2.24) is 5.32 Å². The largest absolute Gasteiger partial charge is 0.497 e. The topological polar surface area (TPSA) is 83.1 Å². The number of amides is 2. The lowest BCUT2D eigenvalue weighted by Gasteiger charge is -2.29. The van der Waals surface area contributed by atoms with Gasteiger partial charge in [-0.25, -0.2) is 4.79 Å². The van der Waals surface area contributed by atoms with Gasteiger partial charge in [-0.2, -0.15) is 0 Å². The van der Waals surface area contributed by atoms with E-state index in [0.717, 1.165) is 37.6 Å². The highest BCUT2D eigenvalue weighted by molar-refractivity contribution is 5.89. The quantitative estimate of drug-likeness (QED) is 0.726. The third kappa shape index (κ3) is 5.35. The molecule has 2 aromatic rings. The van der Waals surface area contributed by atoms with E-state index in [1.54, 1.807) is 31.4 Å². The smallest absolute Gasteiger partial charge is 0.319 e. The number of benzene rings is 2. The molecule has 27 heavy (non-hydrogen) atoms. The molecule has 144 valence electrons. The molecule has 1 aliphatic heterocycles. The molecule has 3 N–H and O–H groups in total. The fourth-order valence-electron chi connectivity index (χ4n) is 2.91. The Morgan fingerprint density at radius 1 is 1.22 bits per heavy atom.